The molecule has 0 bridgehead atoms. The Hall–Kier alpha value is -2.37. The summed E-state index contributed by atoms with van der Waals surface area (Å²) in [7, 11) is 3.20. The molecule has 0 aliphatic carbocycles. The Morgan fingerprint density at radius 2 is 1.82 bits per heavy atom. The van der Waals surface area contributed by atoms with E-state index in [1.165, 1.54) is 0 Å². The summed E-state index contributed by atoms with van der Waals surface area (Å²) in [6.45, 7) is 0. The predicted molar refractivity (Wildman–Crippen MR) is 113 cm³/mol. The lowest BCUT2D eigenvalue weighted by Gasteiger charge is -2.18. The number of thioether (sulfide) groups is 1. The minimum Gasteiger partial charge on any atom is -0.493 e. The zero-order chi connectivity index (χ0) is 19.9. The number of carbonyl (C=O) groups is 1. The van der Waals surface area contributed by atoms with E-state index < -0.39 is 0 Å². The molecule has 2 aromatic carbocycles. The first-order valence-corrected chi connectivity index (χ1v) is 10.2. The van der Waals surface area contributed by atoms with Gasteiger partial charge in [0.1, 0.15) is 5.76 Å². The number of rotatable bonds is 9. The van der Waals surface area contributed by atoms with Crippen molar-refractivity contribution < 1.29 is 18.7 Å². The van der Waals surface area contributed by atoms with E-state index in [0.29, 0.717) is 34.3 Å². The zero-order valence-electron chi connectivity index (χ0n) is 15.7. The summed E-state index contributed by atoms with van der Waals surface area (Å²) in [5, 5.41) is 0.549. The largest absolute Gasteiger partial charge is 0.493 e. The fraction of sp³-hybridized carbons (Fsp3) is 0.227. The minimum absolute atomic E-state index is 0.0587. The maximum atomic E-state index is 12.8. The molecule has 146 valence electrons. The highest BCUT2D eigenvalue weighted by Gasteiger charge is 2.20. The van der Waals surface area contributed by atoms with Crippen LogP contribution in [0.1, 0.15) is 33.4 Å². The fourth-order valence-electron chi connectivity index (χ4n) is 2.83. The molecule has 0 radical (unpaired) electrons. The molecule has 0 saturated heterocycles. The Balaban J connectivity index is 1.83. The first kappa shape index (κ1) is 20.4. The second-order valence-electron chi connectivity index (χ2n) is 6.13. The Morgan fingerprint density at radius 3 is 2.46 bits per heavy atom. The summed E-state index contributed by atoms with van der Waals surface area (Å²) < 4.78 is 16.2. The number of halogens is 1. The van der Waals surface area contributed by atoms with Crippen LogP contribution in [0.4, 0.5) is 0 Å². The minimum atomic E-state index is -0.0620. The number of ether oxygens (including phenoxy) is 2. The molecule has 4 nitrogen and oxygen atoms in total. The van der Waals surface area contributed by atoms with E-state index >= 15 is 0 Å². The Labute approximate surface area is 173 Å². The fourth-order valence-corrected chi connectivity index (χ4v) is 4.09. The van der Waals surface area contributed by atoms with Gasteiger partial charge in [-0.05, 0) is 54.1 Å². The van der Waals surface area contributed by atoms with E-state index in [0.717, 1.165) is 11.3 Å². The van der Waals surface area contributed by atoms with Gasteiger partial charge in [-0.2, -0.15) is 0 Å². The van der Waals surface area contributed by atoms with Crippen LogP contribution in [0.5, 0.6) is 11.5 Å². The molecule has 0 fully saturated rings. The lowest BCUT2D eigenvalue weighted by molar-refractivity contribution is 0.0982. The van der Waals surface area contributed by atoms with Crippen LogP contribution >= 0.6 is 23.4 Å². The molecule has 0 N–H and O–H groups in total. The van der Waals surface area contributed by atoms with Crippen molar-refractivity contribution in [1.29, 1.82) is 0 Å². The molecule has 6 heteroatoms. The van der Waals surface area contributed by atoms with Crippen LogP contribution in [0.15, 0.2) is 65.3 Å². The number of furan rings is 1. The first-order chi connectivity index (χ1) is 13.6. The van der Waals surface area contributed by atoms with Gasteiger partial charge in [0.05, 0.1) is 26.2 Å². The van der Waals surface area contributed by atoms with Crippen LogP contribution < -0.4 is 9.47 Å². The summed E-state index contributed by atoms with van der Waals surface area (Å²) in [4.78, 5) is 12.8. The topological polar surface area (TPSA) is 48.7 Å². The van der Waals surface area contributed by atoms with E-state index in [4.69, 9.17) is 25.5 Å². The number of Topliss-reactive ketones (excluding diaryl/α,β-unsaturated/α-hetero) is 1. The summed E-state index contributed by atoms with van der Waals surface area (Å²) in [5.41, 5.74) is 1.64. The quantitative estimate of drug-likeness (QED) is 0.389. The van der Waals surface area contributed by atoms with Gasteiger partial charge < -0.3 is 13.9 Å². The summed E-state index contributed by atoms with van der Waals surface area (Å²) in [6, 6.07) is 16.5. The average molecular weight is 417 g/mol. The molecular weight excluding hydrogens is 396 g/mol. The van der Waals surface area contributed by atoms with Gasteiger partial charge in [-0.1, -0.05) is 17.7 Å². The number of ketones is 1. The predicted octanol–water partition coefficient (Wildman–Crippen LogP) is 6.20. The second-order valence-corrected chi connectivity index (χ2v) is 7.76. The van der Waals surface area contributed by atoms with Crippen molar-refractivity contribution in [2.45, 2.75) is 17.4 Å². The summed E-state index contributed by atoms with van der Waals surface area (Å²) in [5.74, 6) is 2.89. The second kappa shape index (κ2) is 9.71. The van der Waals surface area contributed by atoms with Gasteiger partial charge in [-0.3, -0.25) is 4.79 Å². The van der Waals surface area contributed by atoms with Crippen molar-refractivity contribution in [2.75, 3.05) is 14.2 Å². The van der Waals surface area contributed by atoms with E-state index in [2.05, 4.69) is 0 Å². The third-order valence-corrected chi connectivity index (χ3v) is 5.87. The van der Waals surface area contributed by atoms with Crippen molar-refractivity contribution in [3.8, 4) is 11.5 Å². The van der Waals surface area contributed by atoms with Gasteiger partial charge in [0.25, 0.3) is 0 Å². The van der Waals surface area contributed by atoms with E-state index in [-0.39, 0.29) is 11.0 Å². The molecule has 0 unspecified atom stereocenters. The van der Waals surface area contributed by atoms with Gasteiger partial charge >= 0.3 is 0 Å². The van der Waals surface area contributed by atoms with Crippen molar-refractivity contribution in [3.63, 3.8) is 0 Å². The highest BCUT2D eigenvalue weighted by molar-refractivity contribution is 7.98. The molecule has 3 aromatic rings. The summed E-state index contributed by atoms with van der Waals surface area (Å²) >= 11 is 7.59. The molecule has 0 amide bonds. The third kappa shape index (κ3) is 5.12. The number of hydrogen-bond acceptors (Lipinski definition) is 5. The molecule has 1 aromatic heterocycles. The van der Waals surface area contributed by atoms with Crippen molar-refractivity contribution >= 4 is 29.1 Å². The molecule has 0 saturated carbocycles. The molecule has 28 heavy (non-hydrogen) atoms. The maximum absolute atomic E-state index is 12.8. The zero-order valence-corrected chi connectivity index (χ0v) is 17.3. The van der Waals surface area contributed by atoms with Gasteiger partial charge in [-0.15, -0.1) is 11.8 Å². The molecule has 3 rings (SSSR count). The maximum Gasteiger partial charge on any atom is 0.164 e. The molecule has 0 spiro atoms. The standard InChI is InChI=1S/C22H21ClO4S/c1-25-20-10-7-16(12-21(20)26-2)22(28-14-18-4-3-11-27-18)13-19(24)15-5-8-17(23)9-6-15/h3-12,22H,13-14H2,1-2H3/t22-/m0/s1. The molecule has 1 heterocycles. The molecule has 0 aliphatic rings. The number of benzene rings is 2. The number of methoxy groups -OCH3 is 2. The molecule has 1 atom stereocenters. The van der Waals surface area contributed by atoms with Gasteiger partial charge in [-0.25, -0.2) is 0 Å². The van der Waals surface area contributed by atoms with Crippen molar-refractivity contribution in [1.82, 2.24) is 0 Å². The van der Waals surface area contributed by atoms with Crippen molar-refractivity contribution in [2.24, 2.45) is 0 Å². The first-order valence-electron chi connectivity index (χ1n) is 8.75. The Bertz CT molecular complexity index is 907. The van der Waals surface area contributed by atoms with E-state index in [9.17, 15) is 4.79 Å². The number of hydrogen-bond donors (Lipinski definition) is 0. The van der Waals surface area contributed by atoms with Crippen LogP contribution in [0, 0.1) is 0 Å². The Kier molecular flexibility index (Phi) is 7.06. The van der Waals surface area contributed by atoms with Crippen LogP contribution in [0.3, 0.4) is 0 Å². The average Bonchev–Trinajstić information content (AvgIpc) is 3.24. The van der Waals surface area contributed by atoms with Crippen LogP contribution in [0.25, 0.3) is 0 Å². The van der Waals surface area contributed by atoms with E-state index in [1.54, 1.807) is 56.5 Å². The van der Waals surface area contributed by atoms with Crippen LogP contribution in [-0.2, 0) is 5.75 Å². The molecule has 0 aliphatic heterocycles. The smallest absolute Gasteiger partial charge is 0.164 e. The Morgan fingerprint density at radius 1 is 1.07 bits per heavy atom. The molecular formula is C22H21ClO4S. The summed E-state index contributed by atoms with van der Waals surface area (Å²) in [6.07, 6.45) is 2.00. The van der Waals surface area contributed by atoms with Crippen molar-refractivity contribution in [3.05, 3.63) is 82.8 Å². The number of carbonyl (C=O) groups excluding carboxylic acids is 1. The van der Waals surface area contributed by atoms with E-state index in [1.807, 2.05) is 30.3 Å². The monoisotopic (exact) mass is 416 g/mol. The van der Waals surface area contributed by atoms with Crippen LogP contribution in [0.2, 0.25) is 5.02 Å². The van der Waals surface area contributed by atoms with Gasteiger partial charge in [0.2, 0.25) is 0 Å². The lowest BCUT2D eigenvalue weighted by Crippen LogP contribution is -2.06. The normalized spacial score (nSPS) is 11.8. The highest BCUT2D eigenvalue weighted by Crippen LogP contribution is 2.39. The third-order valence-electron chi connectivity index (χ3n) is 4.32. The SMILES string of the molecule is COc1ccc([C@H](CC(=O)c2ccc(Cl)cc2)SCc2ccco2)cc1OC. The van der Waals surface area contributed by atoms with Gasteiger partial charge in [0.15, 0.2) is 17.3 Å². The lowest BCUT2D eigenvalue weighted by atomic mass is 10.0. The highest BCUT2D eigenvalue weighted by atomic mass is 35.5. The van der Waals surface area contributed by atoms with Crippen LogP contribution in [-0.4, -0.2) is 20.0 Å². The van der Waals surface area contributed by atoms with Gasteiger partial charge in [0, 0.05) is 22.3 Å².